The van der Waals surface area contributed by atoms with E-state index in [9.17, 15) is 4.79 Å². The number of carbonyl (C=O) groups is 1. The van der Waals surface area contributed by atoms with Gasteiger partial charge in [0.25, 0.3) is 0 Å². The fourth-order valence-electron chi connectivity index (χ4n) is 0.206. The third-order valence-corrected chi connectivity index (χ3v) is 0.722. The maximum Gasteiger partial charge on any atom is 0.306 e. The lowest BCUT2D eigenvalue weighted by molar-refractivity contribution is -0.141. The van der Waals surface area contributed by atoms with Crippen LogP contribution in [0.5, 0.6) is 0 Å². The van der Waals surface area contributed by atoms with Gasteiger partial charge in [-0.15, -0.1) is 0 Å². The highest BCUT2D eigenvalue weighted by Crippen LogP contribution is 2.06. The van der Waals surface area contributed by atoms with Crippen LogP contribution in [0.3, 0.4) is 0 Å². The van der Waals surface area contributed by atoms with Crippen molar-refractivity contribution >= 4 is 5.97 Å². The molecule has 1 unspecified atom stereocenters. The quantitative estimate of drug-likeness (QED) is 0.646. The molecule has 0 rings (SSSR count). The Balaban J connectivity index is 5.71. The summed E-state index contributed by atoms with van der Waals surface area (Å²) in [5.41, 5.74) is 0. The van der Waals surface area contributed by atoms with Crippen molar-refractivity contribution in [1.82, 2.24) is 0 Å². The predicted molar refractivity (Wildman–Crippen MR) is 36.3 cm³/mol. The fourth-order valence-corrected chi connectivity index (χ4v) is 0.206. The van der Waals surface area contributed by atoms with Crippen molar-refractivity contribution < 1.29 is 22.2 Å². The second kappa shape index (κ2) is 4.36. The van der Waals surface area contributed by atoms with Crippen LogP contribution in [0.25, 0.3) is 0 Å². The van der Waals surface area contributed by atoms with Crippen molar-refractivity contribution in [2.75, 3.05) is 0 Å². The number of rotatable bonds is 4. The van der Waals surface area contributed by atoms with Crippen molar-refractivity contribution in [2.45, 2.75) is 32.9 Å². The van der Waals surface area contributed by atoms with Crippen LogP contribution in [0.1, 0.15) is 45.2 Å². The first-order chi connectivity index (χ1) is 7.60. The van der Waals surface area contributed by atoms with E-state index >= 15 is 0 Å². The lowest BCUT2D eigenvalue weighted by Crippen LogP contribution is -2.08. The summed E-state index contributed by atoms with van der Waals surface area (Å²) in [4.78, 5) is 10.7. The van der Waals surface area contributed by atoms with Gasteiger partial charge in [0.15, 0.2) is 0 Å². The topological polar surface area (TPSA) is 37.3 Å². The Morgan fingerprint density at radius 1 is 2.00 bits per heavy atom. The molecule has 0 aromatic rings. The van der Waals surface area contributed by atoms with E-state index in [1.54, 1.807) is 0 Å². The zero-order valence-corrected chi connectivity index (χ0v) is 4.93. The van der Waals surface area contributed by atoms with Crippen molar-refractivity contribution in [3.63, 3.8) is 0 Å². The molecule has 0 aliphatic carbocycles. The minimum Gasteiger partial charge on any atom is -0.481 e. The van der Waals surface area contributed by atoms with Gasteiger partial charge < -0.3 is 5.11 Å². The summed E-state index contributed by atoms with van der Waals surface area (Å²) in [5.74, 6) is -3.57. The van der Waals surface area contributed by atoms with Crippen LogP contribution in [0.15, 0.2) is 0 Å². The first-order valence-electron chi connectivity index (χ1n) is 6.83. The van der Waals surface area contributed by atoms with Gasteiger partial charge in [0.05, 0.1) is 5.92 Å². The highest BCUT2D eigenvalue weighted by atomic mass is 16.4. The standard InChI is InChI=1S/C7H14O2/c1-3-4-5-6(2)7(8)9/h6H,3-5H2,1-2H3,(H,8,9)/i1D3,3D2,4D2,5D2. The molecule has 0 fully saturated rings. The molecule has 1 atom stereocenters. The van der Waals surface area contributed by atoms with Gasteiger partial charge in [-0.2, -0.15) is 0 Å². The lowest BCUT2D eigenvalue weighted by atomic mass is 10.1. The molecule has 1 N–H and O–H groups in total. The van der Waals surface area contributed by atoms with Crippen molar-refractivity contribution in [1.29, 1.82) is 0 Å². The summed E-state index contributed by atoms with van der Waals surface area (Å²) in [7, 11) is 0. The Bertz CT molecular complexity index is 332. The Labute approximate surface area is 68.5 Å². The number of hydrogen-bond donors (Lipinski definition) is 1. The van der Waals surface area contributed by atoms with Crippen molar-refractivity contribution in [2.24, 2.45) is 5.92 Å². The van der Waals surface area contributed by atoms with Crippen molar-refractivity contribution in [3.8, 4) is 0 Å². The normalized spacial score (nSPS) is 34.1. The van der Waals surface area contributed by atoms with E-state index in [1.165, 1.54) is 0 Å². The molecule has 0 aliphatic rings. The second-order valence-electron chi connectivity index (χ2n) is 1.45. The molecule has 9 heavy (non-hydrogen) atoms. The Kier molecular flexibility index (Phi) is 0.844. The molecule has 0 bridgehead atoms. The molecule has 0 aliphatic heterocycles. The summed E-state index contributed by atoms with van der Waals surface area (Å²) in [6.07, 6.45) is -10.2. The molecule has 0 saturated heterocycles. The molecule has 54 valence electrons. The van der Waals surface area contributed by atoms with Crippen LogP contribution in [0.2, 0.25) is 0 Å². The number of carboxylic acids is 1. The first-order valence-corrected chi connectivity index (χ1v) is 2.33. The van der Waals surface area contributed by atoms with Crippen LogP contribution >= 0.6 is 0 Å². The van der Waals surface area contributed by atoms with Gasteiger partial charge in [-0.05, 0) is 6.37 Å². The Hall–Kier alpha value is -0.530. The largest absolute Gasteiger partial charge is 0.481 e. The van der Waals surface area contributed by atoms with Crippen LogP contribution in [0.4, 0.5) is 0 Å². The molecule has 0 spiro atoms. The molecular weight excluding hydrogens is 116 g/mol. The number of carboxylic acid groups (broad SMARTS) is 1. The Morgan fingerprint density at radius 3 is 3.11 bits per heavy atom. The monoisotopic (exact) mass is 139 g/mol. The highest BCUT2D eigenvalue weighted by molar-refractivity contribution is 5.69. The molecule has 0 aromatic carbocycles. The second-order valence-corrected chi connectivity index (χ2v) is 1.45. The highest BCUT2D eigenvalue weighted by Gasteiger charge is 2.08. The van der Waals surface area contributed by atoms with Crippen molar-refractivity contribution in [3.05, 3.63) is 0 Å². The molecule has 0 aromatic heterocycles. The van der Waals surface area contributed by atoms with E-state index in [1.807, 2.05) is 0 Å². The Morgan fingerprint density at radius 2 is 2.67 bits per heavy atom. The molecule has 2 heteroatoms. The smallest absolute Gasteiger partial charge is 0.306 e. The minimum atomic E-state index is -3.52. The van der Waals surface area contributed by atoms with E-state index in [-0.39, 0.29) is 0 Å². The molecule has 0 heterocycles. The van der Waals surface area contributed by atoms with E-state index in [2.05, 4.69) is 0 Å². The molecule has 0 saturated carbocycles. The molecule has 2 nitrogen and oxygen atoms in total. The summed E-state index contributed by atoms with van der Waals surface area (Å²) in [6, 6.07) is 0. The SMILES string of the molecule is [2H]C([2H])([2H])C([2H])([2H])C([2H])([2H])C([2H])([2H])C(C)C(=O)O. The average Bonchev–Trinajstić information content (AvgIpc) is 2.13. The third kappa shape index (κ3) is 4.01. The maximum atomic E-state index is 10.7. The van der Waals surface area contributed by atoms with Gasteiger partial charge in [0, 0.05) is 12.3 Å². The summed E-state index contributed by atoms with van der Waals surface area (Å²) < 4.78 is 65.0. The van der Waals surface area contributed by atoms with Gasteiger partial charge in [0.2, 0.25) is 0 Å². The van der Waals surface area contributed by atoms with Gasteiger partial charge in [-0.1, -0.05) is 26.5 Å². The number of hydrogen-bond acceptors (Lipinski definition) is 1. The van der Waals surface area contributed by atoms with Gasteiger partial charge >= 0.3 is 5.97 Å². The zero-order valence-electron chi connectivity index (χ0n) is 13.9. The molecule has 0 radical (unpaired) electrons. The molecular formula is C7H14O2. The average molecular weight is 139 g/mol. The van der Waals surface area contributed by atoms with Gasteiger partial charge in [0.1, 0.15) is 0 Å². The molecule has 0 amide bonds. The van der Waals surface area contributed by atoms with Gasteiger partial charge in [-0.3, -0.25) is 4.79 Å². The third-order valence-electron chi connectivity index (χ3n) is 0.722. The summed E-state index contributed by atoms with van der Waals surface area (Å²) >= 11 is 0. The minimum absolute atomic E-state index is 0.857. The van der Waals surface area contributed by atoms with Crippen LogP contribution in [-0.4, -0.2) is 11.1 Å². The maximum absolute atomic E-state index is 10.7. The zero-order chi connectivity index (χ0) is 15.2. The predicted octanol–water partition coefficient (Wildman–Crippen LogP) is 1.90. The van der Waals surface area contributed by atoms with E-state index in [0.717, 1.165) is 6.92 Å². The number of aliphatic carboxylic acids is 1. The fraction of sp³-hybridized carbons (Fsp3) is 0.857. The van der Waals surface area contributed by atoms with E-state index in [4.69, 9.17) is 17.4 Å². The van der Waals surface area contributed by atoms with E-state index < -0.39 is 37.9 Å². The lowest BCUT2D eigenvalue weighted by Gasteiger charge is -2.02. The van der Waals surface area contributed by atoms with Crippen LogP contribution < -0.4 is 0 Å². The van der Waals surface area contributed by atoms with Crippen LogP contribution in [-0.2, 0) is 4.79 Å². The summed E-state index contributed by atoms with van der Waals surface area (Å²) in [6.45, 7) is -2.56. The van der Waals surface area contributed by atoms with Crippen LogP contribution in [0, 0.1) is 5.92 Å². The van der Waals surface area contributed by atoms with E-state index in [0.29, 0.717) is 0 Å². The summed E-state index contributed by atoms with van der Waals surface area (Å²) in [5, 5.41) is 8.68. The first kappa shape index (κ1) is 1.74. The van der Waals surface area contributed by atoms with Gasteiger partial charge in [-0.25, -0.2) is 0 Å².